The lowest BCUT2D eigenvalue weighted by Gasteiger charge is -2.11. The van der Waals surface area contributed by atoms with Crippen molar-refractivity contribution in [1.29, 1.82) is 0 Å². The molecule has 21 heavy (non-hydrogen) atoms. The fourth-order valence-electron chi connectivity index (χ4n) is 1.79. The molecule has 0 atom stereocenters. The molecule has 2 amide bonds. The van der Waals surface area contributed by atoms with Gasteiger partial charge in [0.15, 0.2) is 0 Å². The van der Waals surface area contributed by atoms with Crippen molar-refractivity contribution >= 4 is 40.1 Å². The minimum atomic E-state index is -0.166. The molecule has 0 bridgehead atoms. The lowest BCUT2D eigenvalue weighted by Crippen LogP contribution is -2.21. The van der Waals surface area contributed by atoms with Crippen LogP contribution in [0.25, 0.3) is 0 Å². The molecule has 0 saturated carbocycles. The SMILES string of the molecule is CN(C)C(=O)c1ccc(NC(=O)c2cccc(I)c2)cc1. The average Bonchev–Trinajstić information content (AvgIpc) is 2.47. The maximum Gasteiger partial charge on any atom is 0.255 e. The van der Waals surface area contributed by atoms with Crippen LogP contribution in [0.1, 0.15) is 20.7 Å². The van der Waals surface area contributed by atoms with Crippen LogP contribution in [0.4, 0.5) is 5.69 Å². The first-order valence-electron chi connectivity index (χ1n) is 6.36. The normalized spacial score (nSPS) is 10.0. The van der Waals surface area contributed by atoms with E-state index in [1.54, 1.807) is 44.4 Å². The number of hydrogen-bond acceptors (Lipinski definition) is 2. The van der Waals surface area contributed by atoms with E-state index < -0.39 is 0 Å². The molecule has 0 radical (unpaired) electrons. The number of nitrogens with zero attached hydrogens (tertiary/aromatic N) is 1. The van der Waals surface area contributed by atoms with Gasteiger partial charge in [-0.3, -0.25) is 9.59 Å². The van der Waals surface area contributed by atoms with E-state index in [0.717, 1.165) is 3.57 Å². The van der Waals surface area contributed by atoms with E-state index in [1.807, 2.05) is 18.2 Å². The van der Waals surface area contributed by atoms with Gasteiger partial charge in [-0.25, -0.2) is 0 Å². The number of halogens is 1. The molecule has 0 aliphatic rings. The molecule has 0 unspecified atom stereocenters. The lowest BCUT2D eigenvalue weighted by atomic mass is 10.1. The zero-order valence-electron chi connectivity index (χ0n) is 11.8. The van der Waals surface area contributed by atoms with Crippen molar-refractivity contribution in [3.05, 3.63) is 63.2 Å². The summed E-state index contributed by atoms with van der Waals surface area (Å²) in [4.78, 5) is 25.4. The van der Waals surface area contributed by atoms with Gasteiger partial charge in [-0.15, -0.1) is 0 Å². The van der Waals surface area contributed by atoms with E-state index in [2.05, 4.69) is 27.9 Å². The third kappa shape index (κ3) is 4.04. The van der Waals surface area contributed by atoms with Gasteiger partial charge in [-0.05, 0) is 65.1 Å². The zero-order chi connectivity index (χ0) is 15.4. The molecule has 0 spiro atoms. The lowest BCUT2D eigenvalue weighted by molar-refractivity contribution is 0.0827. The standard InChI is InChI=1S/C16H15IN2O2/c1-19(2)16(21)11-6-8-14(9-7-11)18-15(20)12-4-3-5-13(17)10-12/h3-10H,1-2H3,(H,18,20). The quantitative estimate of drug-likeness (QED) is 0.813. The van der Waals surface area contributed by atoms with Gasteiger partial charge < -0.3 is 10.2 Å². The maximum atomic E-state index is 12.1. The van der Waals surface area contributed by atoms with Crippen molar-refractivity contribution in [3.8, 4) is 0 Å². The first-order valence-corrected chi connectivity index (χ1v) is 7.44. The molecule has 0 fully saturated rings. The van der Waals surface area contributed by atoms with Crippen LogP contribution >= 0.6 is 22.6 Å². The molecule has 0 aromatic heterocycles. The maximum absolute atomic E-state index is 12.1. The van der Waals surface area contributed by atoms with Crippen LogP contribution in [-0.4, -0.2) is 30.8 Å². The average molecular weight is 394 g/mol. The summed E-state index contributed by atoms with van der Waals surface area (Å²) in [5.41, 5.74) is 1.86. The first-order chi connectivity index (χ1) is 9.97. The van der Waals surface area contributed by atoms with Gasteiger partial charge in [0.1, 0.15) is 0 Å². The Hall–Kier alpha value is -1.89. The first kappa shape index (κ1) is 15.5. The van der Waals surface area contributed by atoms with Gasteiger partial charge in [-0.1, -0.05) is 6.07 Å². The zero-order valence-corrected chi connectivity index (χ0v) is 13.9. The van der Waals surface area contributed by atoms with Crippen LogP contribution in [0.5, 0.6) is 0 Å². The summed E-state index contributed by atoms with van der Waals surface area (Å²) in [6.07, 6.45) is 0. The topological polar surface area (TPSA) is 49.4 Å². The molecule has 2 aromatic carbocycles. The Labute approximate surface area is 137 Å². The molecule has 2 aromatic rings. The van der Waals surface area contributed by atoms with E-state index in [9.17, 15) is 9.59 Å². The minimum Gasteiger partial charge on any atom is -0.345 e. The Morgan fingerprint density at radius 2 is 1.67 bits per heavy atom. The van der Waals surface area contributed by atoms with Crippen LogP contribution in [0.2, 0.25) is 0 Å². The fraction of sp³-hybridized carbons (Fsp3) is 0.125. The molecule has 108 valence electrons. The van der Waals surface area contributed by atoms with Gasteiger partial charge in [0.25, 0.3) is 11.8 Å². The van der Waals surface area contributed by atoms with Gasteiger partial charge in [0.2, 0.25) is 0 Å². The molecule has 4 nitrogen and oxygen atoms in total. The Morgan fingerprint density at radius 3 is 2.24 bits per heavy atom. The number of nitrogens with one attached hydrogen (secondary N) is 1. The third-order valence-electron chi connectivity index (χ3n) is 2.88. The Kier molecular flexibility index (Phi) is 4.95. The molecular weight excluding hydrogens is 379 g/mol. The molecule has 0 aliphatic carbocycles. The van der Waals surface area contributed by atoms with Gasteiger partial charge in [0.05, 0.1) is 0 Å². The summed E-state index contributed by atoms with van der Waals surface area (Å²) in [6, 6.07) is 14.2. The van der Waals surface area contributed by atoms with E-state index in [-0.39, 0.29) is 11.8 Å². The number of benzene rings is 2. The van der Waals surface area contributed by atoms with Crippen molar-refractivity contribution in [1.82, 2.24) is 4.90 Å². The smallest absolute Gasteiger partial charge is 0.255 e. The van der Waals surface area contributed by atoms with Crippen molar-refractivity contribution in [2.45, 2.75) is 0 Å². The largest absolute Gasteiger partial charge is 0.345 e. The Bertz CT molecular complexity index is 666. The predicted octanol–water partition coefficient (Wildman–Crippen LogP) is 3.25. The Balaban J connectivity index is 2.10. The van der Waals surface area contributed by atoms with E-state index in [0.29, 0.717) is 16.8 Å². The number of rotatable bonds is 3. The highest BCUT2D eigenvalue weighted by molar-refractivity contribution is 14.1. The van der Waals surface area contributed by atoms with Crippen molar-refractivity contribution in [2.75, 3.05) is 19.4 Å². The van der Waals surface area contributed by atoms with Crippen LogP contribution in [0, 0.1) is 3.57 Å². The van der Waals surface area contributed by atoms with Crippen LogP contribution in [-0.2, 0) is 0 Å². The summed E-state index contributed by atoms with van der Waals surface area (Å²) in [7, 11) is 3.41. The predicted molar refractivity (Wildman–Crippen MR) is 91.6 cm³/mol. The van der Waals surface area contributed by atoms with Gasteiger partial charge in [-0.2, -0.15) is 0 Å². The second-order valence-corrected chi connectivity index (χ2v) is 5.99. The van der Waals surface area contributed by atoms with Crippen molar-refractivity contribution in [3.63, 3.8) is 0 Å². The molecule has 0 heterocycles. The number of anilines is 1. The third-order valence-corrected chi connectivity index (χ3v) is 3.55. The van der Waals surface area contributed by atoms with E-state index >= 15 is 0 Å². The van der Waals surface area contributed by atoms with Gasteiger partial charge >= 0.3 is 0 Å². The van der Waals surface area contributed by atoms with E-state index in [1.165, 1.54) is 4.90 Å². The molecule has 0 aliphatic heterocycles. The highest BCUT2D eigenvalue weighted by Gasteiger charge is 2.09. The van der Waals surface area contributed by atoms with Crippen LogP contribution < -0.4 is 5.32 Å². The summed E-state index contributed by atoms with van der Waals surface area (Å²) in [6.45, 7) is 0. The fourth-order valence-corrected chi connectivity index (χ4v) is 2.33. The number of carbonyl (C=O) groups is 2. The van der Waals surface area contributed by atoms with Gasteiger partial charge in [0, 0.05) is 34.5 Å². The molecule has 1 N–H and O–H groups in total. The summed E-state index contributed by atoms with van der Waals surface area (Å²) in [5, 5.41) is 2.81. The number of hydrogen-bond donors (Lipinski definition) is 1. The second kappa shape index (κ2) is 6.71. The summed E-state index contributed by atoms with van der Waals surface area (Å²) < 4.78 is 1.01. The summed E-state index contributed by atoms with van der Waals surface area (Å²) >= 11 is 2.17. The highest BCUT2D eigenvalue weighted by atomic mass is 127. The minimum absolute atomic E-state index is 0.0644. The van der Waals surface area contributed by atoms with Crippen molar-refractivity contribution in [2.24, 2.45) is 0 Å². The molecule has 2 rings (SSSR count). The van der Waals surface area contributed by atoms with E-state index in [4.69, 9.17) is 0 Å². The molecule has 0 saturated heterocycles. The second-order valence-electron chi connectivity index (χ2n) is 4.74. The number of carbonyl (C=O) groups excluding carboxylic acids is 2. The van der Waals surface area contributed by atoms with Crippen molar-refractivity contribution < 1.29 is 9.59 Å². The molecular formula is C16H15IN2O2. The van der Waals surface area contributed by atoms with Crippen LogP contribution in [0.15, 0.2) is 48.5 Å². The number of amides is 2. The highest BCUT2D eigenvalue weighted by Crippen LogP contribution is 2.14. The van der Waals surface area contributed by atoms with Crippen LogP contribution in [0.3, 0.4) is 0 Å². The molecule has 5 heteroatoms. The Morgan fingerprint density at radius 1 is 1.00 bits per heavy atom. The summed E-state index contributed by atoms with van der Waals surface area (Å²) in [5.74, 6) is -0.231. The monoisotopic (exact) mass is 394 g/mol.